The predicted molar refractivity (Wildman–Crippen MR) is 127 cm³/mol. The molecule has 2 aromatic carbocycles. The first-order valence-corrected chi connectivity index (χ1v) is 12.8. The van der Waals surface area contributed by atoms with E-state index in [1.807, 2.05) is 19.1 Å². The monoisotopic (exact) mass is 484 g/mol. The van der Waals surface area contributed by atoms with Gasteiger partial charge in [0, 0.05) is 18.2 Å². The average molecular weight is 485 g/mol. The number of hydrogen-bond donors (Lipinski definition) is 1. The molecule has 180 valence electrons. The van der Waals surface area contributed by atoms with E-state index in [0.717, 1.165) is 32.1 Å². The zero-order chi connectivity index (χ0) is 24.1. The fraction of sp³-hybridized carbons (Fsp3) is 0.375. The van der Waals surface area contributed by atoms with Crippen molar-refractivity contribution in [2.24, 2.45) is 0 Å². The number of benzene rings is 2. The summed E-state index contributed by atoms with van der Waals surface area (Å²) in [7, 11) is -2.10. The summed E-state index contributed by atoms with van der Waals surface area (Å²) in [6.45, 7) is 2.28. The highest BCUT2D eigenvalue weighted by Gasteiger charge is 2.31. The van der Waals surface area contributed by atoms with Crippen molar-refractivity contribution in [2.75, 3.05) is 19.0 Å². The number of rotatable bonds is 8. The maximum atomic E-state index is 13.2. The molecule has 34 heavy (non-hydrogen) atoms. The molecule has 3 aromatic rings. The Morgan fingerprint density at radius 1 is 1.09 bits per heavy atom. The third-order valence-electron chi connectivity index (χ3n) is 6.00. The molecule has 1 heterocycles. The molecule has 0 radical (unpaired) electrons. The van der Waals surface area contributed by atoms with Gasteiger partial charge in [-0.25, -0.2) is 8.42 Å². The van der Waals surface area contributed by atoms with E-state index < -0.39 is 15.9 Å². The van der Waals surface area contributed by atoms with Gasteiger partial charge in [0.25, 0.3) is 11.8 Å². The molecule has 4 rings (SSSR count). The molecule has 1 saturated carbocycles. The summed E-state index contributed by atoms with van der Waals surface area (Å²) in [6, 6.07) is 13.0. The summed E-state index contributed by atoms with van der Waals surface area (Å²) in [5, 5.41) is 10.4. The van der Waals surface area contributed by atoms with E-state index in [0.29, 0.717) is 17.9 Å². The second-order valence-corrected chi connectivity index (χ2v) is 9.98. The molecule has 10 heteroatoms. The maximum absolute atomic E-state index is 13.2. The Balaban J connectivity index is 1.47. The molecule has 0 spiro atoms. The summed E-state index contributed by atoms with van der Waals surface area (Å²) >= 11 is 0. The van der Waals surface area contributed by atoms with Crippen LogP contribution in [0.4, 0.5) is 6.01 Å². The molecule has 1 aliphatic rings. The lowest BCUT2D eigenvalue weighted by atomic mass is 9.95. The molecule has 0 unspecified atom stereocenters. The van der Waals surface area contributed by atoms with Crippen molar-refractivity contribution in [1.29, 1.82) is 0 Å². The van der Waals surface area contributed by atoms with Crippen LogP contribution in [-0.4, -0.2) is 48.5 Å². The lowest BCUT2D eigenvalue weighted by molar-refractivity contribution is 0.102. The fourth-order valence-corrected chi connectivity index (χ4v) is 5.97. The Morgan fingerprint density at radius 3 is 2.47 bits per heavy atom. The standard InChI is InChI=1S/C24H28N4O5S/c1-3-28(18-9-5-4-6-10-18)34(30,31)19-15-13-17(14-16-19)22(29)25-24-27-26-23(33-24)20-11-7-8-12-21(20)32-2/h7-8,11-16,18H,3-6,9-10H2,1-2H3,(H,25,27,29). The summed E-state index contributed by atoms with van der Waals surface area (Å²) in [5.74, 6) is 0.283. The number of nitrogens with one attached hydrogen (secondary N) is 1. The smallest absolute Gasteiger partial charge is 0.322 e. The van der Waals surface area contributed by atoms with Crippen LogP contribution in [0, 0.1) is 0 Å². The van der Waals surface area contributed by atoms with E-state index in [9.17, 15) is 13.2 Å². The van der Waals surface area contributed by atoms with Gasteiger partial charge in [0.05, 0.1) is 17.6 Å². The number of aromatic nitrogens is 2. The van der Waals surface area contributed by atoms with E-state index in [1.165, 1.54) is 31.4 Å². The van der Waals surface area contributed by atoms with Gasteiger partial charge in [0.15, 0.2) is 0 Å². The second kappa shape index (κ2) is 10.4. The van der Waals surface area contributed by atoms with Crippen LogP contribution in [0.15, 0.2) is 57.8 Å². The number of carbonyl (C=O) groups excluding carboxylic acids is 1. The highest BCUT2D eigenvalue weighted by Crippen LogP contribution is 2.30. The van der Waals surface area contributed by atoms with E-state index in [1.54, 1.807) is 16.4 Å². The topological polar surface area (TPSA) is 115 Å². The molecule has 0 atom stereocenters. The molecule has 0 aliphatic heterocycles. The van der Waals surface area contributed by atoms with Gasteiger partial charge in [0.2, 0.25) is 10.0 Å². The zero-order valence-corrected chi connectivity index (χ0v) is 20.0. The van der Waals surface area contributed by atoms with Crippen LogP contribution in [0.3, 0.4) is 0 Å². The number of amides is 1. The quantitative estimate of drug-likeness (QED) is 0.506. The Kier molecular flexibility index (Phi) is 7.28. The minimum Gasteiger partial charge on any atom is -0.496 e. The van der Waals surface area contributed by atoms with Crippen LogP contribution in [0.5, 0.6) is 5.75 Å². The molecule has 9 nitrogen and oxygen atoms in total. The van der Waals surface area contributed by atoms with Crippen LogP contribution in [0.1, 0.15) is 49.4 Å². The highest BCUT2D eigenvalue weighted by atomic mass is 32.2. The van der Waals surface area contributed by atoms with Crippen LogP contribution in [0.2, 0.25) is 0 Å². The number of carbonyl (C=O) groups is 1. The van der Waals surface area contributed by atoms with Crippen LogP contribution in [0.25, 0.3) is 11.5 Å². The van der Waals surface area contributed by atoms with Gasteiger partial charge in [0.1, 0.15) is 5.75 Å². The molecule has 0 saturated heterocycles. The zero-order valence-electron chi connectivity index (χ0n) is 19.2. The number of methoxy groups -OCH3 is 1. The molecular formula is C24H28N4O5S. The fourth-order valence-electron chi connectivity index (χ4n) is 4.28. The third-order valence-corrected chi connectivity index (χ3v) is 8.04. The minimum absolute atomic E-state index is 0.0293. The summed E-state index contributed by atoms with van der Waals surface area (Å²) in [6.07, 6.45) is 5.01. The molecule has 1 N–H and O–H groups in total. The van der Waals surface area contributed by atoms with Gasteiger partial charge in [-0.05, 0) is 49.2 Å². The SMILES string of the molecule is CCN(C1CCCCC1)S(=O)(=O)c1ccc(C(=O)Nc2nnc(-c3ccccc3OC)o2)cc1. The second-order valence-electron chi connectivity index (χ2n) is 8.09. The van der Waals surface area contributed by atoms with Crippen molar-refractivity contribution in [3.63, 3.8) is 0 Å². The predicted octanol–water partition coefficient (Wildman–Crippen LogP) is 4.34. The number of ether oxygens (including phenoxy) is 1. The van der Waals surface area contributed by atoms with Gasteiger partial charge >= 0.3 is 6.01 Å². The first-order valence-electron chi connectivity index (χ1n) is 11.3. The first-order chi connectivity index (χ1) is 16.4. The Bertz CT molecular complexity index is 1230. The number of sulfonamides is 1. The normalized spacial score (nSPS) is 14.8. The van der Waals surface area contributed by atoms with Crippen molar-refractivity contribution < 1.29 is 22.4 Å². The number of nitrogens with zero attached hydrogens (tertiary/aromatic N) is 3. The Hall–Kier alpha value is -3.24. The van der Waals surface area contributed by atoms with Crippen molar-refractivity contribution in [1.82, 2.24) is 14.5 Å². The third kappa shape index (κ3) is 4.97. The van der Waals surface area contributed by atoms with Crippen molar-refractivity contribution >= 4 is 21.9 Å². The number of hydrogen-bond acceptors (Lipinski definition) is 7. The van der Waals surface area contributed by atoms with Gasteiger partial charge in [-0.3, -0.25) is 10.1 Å². The van der Waals surface area contributed by atoms with E-state index in [2.05, 4.69) is 15.5 Å². The van der Waals surface area contributed by atoms with E-state index in [-0.39, 0.29) is 28.4 Å². The lowest BCUT2D eigenvalue weighted by Gasteiger charge is -2.32. The minimum atomic E-state index is -3.64. The van der Waals surface area contributed by atoms with Crippen LogP contribution in [-0.2, 0) is 10.0 Å². The molecular weight excluding hydrogens is 456 g/mol. The van der Waals surface area contributed by atoms with Crippen LogP contribution < -0.4 is 10.1 Å². The molecule has 1 aromatic heterocycles. The number of para-hydroxylation sites is 1. The number of anilines is 1. The Labute approximate surface area is 199 Å². The first kappa shape index (κ1) is 23.9. The van der Waals surface area contributed by atoms with Gasteiger partial charge in [-0.15, -0.1) is 5.10 Å². The Morgan fingerprint density at radius 2 is 1.79 bits per heavy atom. The van der Waals surface area contributed by atoms with Crippen LogP contribution >= 0.6 is 0 Å². The molecule has 0 bridgehead atoms. The van der Waals surface area contributed by atoms with Crippen molar-refractivity contribution in [3.8, 4) is 17.2 Å². The lowest BCUT2D eigenvalue weighted by Crippen LogP contribution is -2.41. The highest BCUT2D eigenvalue weighted by molar-refractivity contribution is 7.89. The molecule has 1 aliphatic carbocycles. The van der Waals surface area contributed by atoms with Gasteiger partial charge in [-0.1, -0.05) is 43.4 Å². The summed E-state index contributed by atoms with van der Waals surface area (Å²) < 4.78 is 38.8. The summed E-state index contributed by atoms with van der Waals surface area (Å²) in [5.41, 5.74) is 0.878. The summed E-state index contributed by atoms with van der Waals surface area (Å²) in [4.78, 5) is 12.8. The van der Waals surface area contributed by atoms with Gasteiger partial charge in [-0.2, -0.15) is 4.31 Å². The molecule has 1 amide bonds. The van der Waals surface area contributed by atoms with Gasteiger partial charge < -0.3 is 9.15 Å². The maximum Gasteiger partial charge on any atom is 0.322 e. The average Bonchev–Trinajstić information content (AvgIpc) is 3.33. The largest absolute Gasteiger partial charge is 0.496 e. The van der Waals surface area contributed by atoms with E-state index >= 15 is 0 Å². The van der Waals surface area contributed by atoms with E-state index in [4.69, 9.17) is 9.15 Å². The van der Waals surface area contributed by atoms with Crippen molar-refractivity contribution in [2.45, 2.75) is 50.0 Å². The molecule has 1 fully saturated rings. The van der Waals surface area contributed by atoms with Crippen molar-refractivity contribution in [3.05, 3.63) is 54.1 Å².